The average Bonchev–Trinajstić information content (AvgIpc) is 2.48. The fourth-order valence-electron chi connectivity index (χ4n) is 2.21. The molecule has 0 aromatic heterocycles. The van der Waals surface area contributed by atoms with Crippen LogP contribution in [0.4, 0.5) is 11.4 Å². The molecule has 112 valence electrons. The van der Waals surface area contributed by atoms with Gasteiger partial charge in [0.05, 0.1) is 7.11 Å². The Bertz CT molecular complexity index is 596. The third-order valence-electron chi connectivity index (χ3n) is 3.43. The predicted molar refractivity (Wildman–Crippen MR) is 92.6 cm³/mol. The van der Waals surface area contributed by atoms with Gasteiger partial charge in [-0.15, -0.1) is 0 Å². The number of hydrogen-bond acceptors (Lipinski definition) is 3. The maximum absolute atomic E-state index is 5.87. The third-order valence-corrected chi connectivity index (χ3v) is 4.16. The van der Waals surface area contributed by atoms with Gasteiger partial charge in [0.2, 0.25) is 0 Å². The van der Waals surface area contributed by atoms with Crippen molar-refractivity contribution < 1.29 is 4.74 Å². The minimum atomic E-state index is 0.159. The van der Waals surface area contributed by atoms with E-state index in [4.69, 9.17) is 10.5 Å². The molecule has 1 atom stereocenters. The molecular formula is C17H21BrN2O. The van der Waals surface area contributed by atoms with E-state index in [0.29, 0.717) is 0 Å². The molecule has 0 aliphatic heterocycles. The summed E-state index contributed by atoms with van der Waals surface area (Å²) in [5, 5.41) is 0. The molecule has 2 aromatic carbocycles. The van der Waals surface area contributed by atoms with Gasteiger partial charge in [-0.25, -0.2) is 0 Å². The number of halogens is 1. The van der Waals surface area contributed by atoms with E-state index < -0.39 is 0 Å². The standard InChI is InChI=1S/C17H21BrN2O/c1-12(19)10-13-4-5-15(11-17(13)18)20(2)14-6-8-16(21-3)9-7-14/h4-9,11-12H,10,19H2,1-3H3. The fraction of sp³-hybridized carbons (Fsp3) is 0.294. The highest BCUT2D eigenvalue weighted by Gasteiger charge is 2.08. The second-order valence-electron chi connectivity index (χ2n) is 5.21. The van der Waals surface area contributed by atoms with Crippen LogP contribution in [0.15, 0.2) is 46.9 Å². The van der Waals surface area contributed by atoms with Crippen LogP contribution in [0.3, 0.4) is 0 Å². The molecule has 0 saturated carbocycles. The Morgan fingerprint density at radius 2 is 1.76 bits per heavy atom. The van der Waals surface area contributed by atoms with E-state index in [1.807, 2.05) is 31.2 Å². The summed E-state index contributed by atoms with van der Waals surface area (Å²) in [4.78, 5) is 2.14. The molecule has 0 fully saturated rings. The lowest BCUT2D eigenvalue weighted by Gasteiger charge is -2.21. The van der Waals surface area contributed by atoms with Crippen LogP contribution in [-0.2, 0) is 6.42 Å². The van der Waals surface area contributed by atoms with E-state index in [1.165, 1.54) is 5.56 Å². The van der Waals surface area contributed by atoms with Crippen LogP contribution in [-0.4, -0.2) is 20.2 Å². The van der Waals surface area contributed by atoms with Gasteiger partial charge in [0, 0.05) is 28.9 Å². The highest BCUT2D eigenvalue weighted by Crippen LogP contribution is 2.29. The summed E-state index contributed by atoms with van der Waals surface area (Å²) in [6.45, 7) is 2.02. The van der Waals surface area contributed by atoms with Crippen molar-refractivity contribution in [1.29, 1.82) is 0 Å². The zero-order valence-corrected chi connectivity index (χ0v) is 14.2. The molecule has 21 heavy (non-hydrogen) atoms. The molecule has 1 unspecified atom stereocenters. The highest BCUT2D eigenvalue weighted by atomic mass is 79.9. The second-order valence-corrected chi connectivity index (χ2v) is 6.07. The summed E-state index contributed by atoms with van der Waals surface area (Å²) in [6, 6.07) is 14.5. The highest BCUT2D eigenvalue weighted by molar-refractivity contribution is 9.10. The Morgan fingerprint density at radius 3 is 2.29 bits per heavy atom. The summed E-state index contributed by atoms with van der Waals surface area (Å²) in [7, 11) is 3.72. The minimum absolute atomic E-state index is 0.159. The van der Waals surface area contributed by atoms with E-state index in [0.717, 1.165) is 28.0 Å². The Hall–Kier alpha value is -1.52. The Kier molecular flexibility index (Phi) is 5.26. The van der Waals surface area contributed by atoms with Crippen LogP contribution in [0, 0.1) is 0 Å². The van der Waals surface area contributed by atoms with Crippen molar-refractivity contribution in [3.05, 3.63) is 52.5 Å². The summed E-state index contributed by atoms with van der Waals surface area (Å²) in [5.41, 5.74) is 9.34. The van der Waals surface area contributed by atoms with E-state index >= 15 is 0 Å². The number of hydrogen-bond donors (Lipinski definition) is 1. The largest absolute Gasteiger partial charge is 0.497 e. The van der Waals surface area contributed by atoms with Crippen LogP contribution in [0.5, 0.6) is 5.75 Å². The number of nitrogens with two attached hydrogens (primary N) is 1. The van der Waals surface area contributed by atoms with Gasteiger partial charge in [-0.2, -0.15) is 0 Å². The van der Waals surface area contributed by atoms with Gasteiger partial charge in [0.1, 0.15) is 5.75 Å². The molecule has 3 nitrogen and oxygen atoms in total. The molecule has 0 amide bonds. The van der Waals surface area contributed by atoms with Crippen LogP contribution in [0.1, 0.15) is 12.5 Å². The molecular weight excluding hydrogens is 328 g/mol. The molecule has 0 aliphatic rings. The van der Waals surface area contributed by atoms with E-state index in [2.05, 4.69) is 46.1 Å². The molecule has 2 rings (SSSR count). The van der Waals surface area contributed by atoms with Crippen molar-refractivity contribution in [3.8, 4) is 5.75 Å². The minimum Gasteiger partial charge on any atom is -0.497 e. The van der Waals surface area contributed by atoms with Crippen molar-refractivity contribution in [2.45, 2.75) is 19.4 Å². The van der Waals surface area contributed by atoms with E-state index in [1.54, 1.807) is 7.11 Å². The number of nitrogens with zero attached hydrogens (tertiary/aromatic N) is 1. The molecule has 0 bridgehead atoms. The van der Waals surface area contributed by atoms with Crippen LogP contribution in [0.25, 0.3) is 0 Å². The van der Waals surface area contributed by atoms with Gasteiger partial charge >= 0.3 is 0 Å². The van der Waals surface area contributed by atoms with Gasteiger partial charge in [0.25, 0.3) is 0 Å². The SMILES string of the molecule is COc1ccc(N(C)c2ccc(CC(C)N)c(Br)c2)cc1. The molecule has 2 aromatic rings. The first kappa shape index (κ1) is 15.9. The molecule has 0 spiro atoms. The maximum atomic E-state index is 5.87. The monoisotopic (exact) mass is 348 g/mol. The van der Waals surface area contributed by atoms with Gasteiger partial charge in [-0.3, -0.25) is 0 Å². The zero-order chi connectivity index (χ0) is 15.4. The summed E-state index contributed by atoms with van der Waals surface area (Å²) < 4.78 is 6.28. The summed E-state index contributed by atoms with van der Waals surface area (Å²) in [5.74, 6) is 0.862. The maximum Gasteiger partial charge on any atom is 0.119 e. The summed E-state index contributed by atoms with van der Waals surface area (Å²) in [6.07, 6.45) is 0.868. The number of methoxy groups -OCH3 is 1. The van der Waals surface area contributed by atoms with Crippen molar-refractivity contribution in [2.24, 2.45) is 5.73 Å². The molecule has 0 heterocycles. The first-order valence-corrected chi connectivity index (χ1v) is 7.72. The normalized spacial score (nSPS) is 12.0. The first-order valence-electron chi connectivity index (χ1n) is 6.93. The zero-order valence-electron chi connectivity index (χ0n) is 12.6. The number of anilines is 2. The number of rotatable bonds is 5. The lowest BCUT2D eigenvalue weighted by Crippen LogP contribution is -2.18. The van der Waals surface area contributed by atoms with Crippen molar-refractivity contribution in [1.82, 2.24) is 0 Å². The van der Waals surface area contributed by atoms with Gasteiger partial charge in [-0.05, 0) is 55.3 Å². The number of benzene rings is 2. The molecule has 0 saturated heterocycles. The van der Waals surface area contributed by atoms with Gasteiger partial charge in [0.15, 0.2) is 0 Å². The van der Waals surface area contributed by atoms with Gasteiger partial charge in [-0.1, -0.05) is 22.0 Å². The number of ether oxygens (including phenoxy) is 1. The van der Waals surface area contributed by atoms with Crippen molar-refractivity contribution in [3.63, 3.8) is 0 Å². The first-order chi connectivity index (χ1) is 10.0. The smallest absolute Gasteiger partial charge is 0.119 e. The van der Waals surface area contributed by atoms with Crippen LogP contribution < -0.4 is 15.4 Å². The van der Waals surface area contributed by atoms with Crippen molar-refractivity contribution >= 4 is 27.3 Å². The molecule has 0 aliphatic carbocycles. The average molecular weight is 349 g/mol. The Balaban J connectivity index is 2.22. The van der Waals surface area contributed by atoms with Crippen LogP contribution >= 0.6 is 15.9 Å². The van der Waals surface area contributed by atoms with E-state index in [9.17, 15) is 0 Å². The second kappa shape index (κ2) is 6.96. The third kappa shape index (κ3) is 3.99. The topological polar surface area (TPSA) is 38.5 Å². The fourth-order valence-corrected chi connectivity index (χ4v) is 2.74. The summed E-state index contributed by atoms with van der Waals surface area (Å²) >= 11 is 3.64. The molecule has 0 radical (unpaired) electrons. The quantitative estimate of drug-likeness (QED) is 0.883. The molecule has 4 heteroatoms. The van der Waals surface area contributed by atoms with E-state index in [-0.39, 0.29) is 6.04 Å². The lowest BCUT2D eigenvalue weighted by molar-refractivity contribution is 0.415. The predicted octanol–water partition coefficient (Wildman–Crippen LogP) is 4.12. The van der Waals surface area contributed by atoms with Gasteiger partial charge < -0.3 is 15.4 Å². The lowest BCUT2D eigenvalue weighted by atomic mass is 10.1. The van der Waals surface area contributed by atoms with Crippen LogP contribution in [0.2, 0.25) is 0 Å². The Labute approximate surface area is 134 Å². The molecule has 2 N–H and O–H groups in total. The van der Waals surface area contributed by atoms with Crippen molar-refractivity contribution in [2.75, 3.05) is 19.1 Å². The Morgan fingerprint density at radius 1 is 1.14 bits per heavy atom.